The minimum absolute atomic E-state index is 0.114. The van der Waals surface area contributed by atoms with Crippen LogP contribution in [0.5, 0.6) is 0 Å². The molecule has 4 rings (SSSR count). The number of thioether (sulfide) groups is 1. The van der Waals surface area contributed by atoms with E-state index in [0.717, 1.165) is 54.5 Å². The molecule has 8 heteroatoms. The zero-order valence-electron chi connectivity index (χ0n) is 15.7. The second kappa shape index (κ2) is 8.62. The molecular formula is C20H22N6OS. The van der Waals surface area contributed by atoms with Crippen LogP contribution in [0.1, 0.15) is 30.0 Å². The number of piperidine rings is 1. The summed E-state index contributed by atoms with van der Waals surface area (Å²) in [5.41, 5.74) is 2.71. The molecule has 0 amide bonds. The monoisotopic (exact) mass is 394 g/mol. The second-order valence-electron chi connectivity index (χ2n) is 6.89. The van der Waals surface area contributed by atoms with Gasteiger partial charge in [0.05, 0.1) is 5.69 Å². The molecule has 0 atom stereocenters. The molecule has 3 aromatic heterocycles. The highest BCUT2D eigenvalue weighted by Gasteiger charge is 2.23. The van der Waals surface area contributed by atoms with Gasteiger partial charge in [0.15, 0.2) is 5.16 Å². The van der Waals surface area contributed by atoms with Crippen molar-refractivity contribution in [3.8, 4) is 11.4 Å². The Hall–Kier alpha value is -2.58. The zero-order chi connectivity index (χ0) is 19.3. The molecule has 0 radical (unpaired) electrons. The fourth-order valence-electron chi connectivity index (χ4n) is 3.50. The number of likely N-dealkylation sites (tertiary alicyclic amines) is 1. The Labute approximate surface area is 167 Å². The van der Waals surface area contributed by atoms with Crippen LogP contribution in [-0.2, 0) is 6.54 Å². The maximum atomic E-state index is 12.1. The number of nitrogens with one attached hydrogen (secondary N) is 1. The fraction of sp³-hybridized carbons (Fsp3) is 0.350. The van der Waals surface area contributed by atoms with Gasteiger partial charge in [-0.15, -0.1) is 0 Å². The summed E-state index contributed by atoms with van der Waals surface area (Å²) < 4.78 is 0. The average Bonchev–Trinajstić information content (AvgIpc) is 2.75. The Morgan fingerprint density at radius 3 is 2.68 bits per heavy atom. The molecule has 3 aromatic rings. The summed E-state index contributed by atoms with van der Waals surface area (Å²) in [7, 11) is 0. The molecule has 144 valence electrons. The summed E-state index contributed by atoms with van der Waals surface area (Å²) in [4.78, 5) is 34.9. The van der Waals surface area contributed by atoms with Crippen LogP contribution < -0.4 is 5.56 Å². The Kier molecular flexibility index (Phi) is 5.78. The van der Waals surface area contributed by atoms with Crippen LogP contribution >= 0.6 is 11.8 Å². The van der Waals surface area contributed by atoms with Gasteiger partial charge in [-0.2, -0.15) is 0 Å². The van der Waals surface area contributed by atoms with Crippen LogP contribution in [0.3, 0.4) is 0 Å². The number of H-pyrrole nitrogens is 1. The van der Waals surface area contributed by atoms with Crippen LogP contribution in [0.15, 0.2) is 52.9 Å². The lowest BCUT2D eigenvalue weighted by atomic mass is 9.93. The topological polar surface area (TPSA) is 87.7 Å². The van der Waals surface area contributed by atoms with Crippen LogP contribution in [-0.4, -0.2) is 49.2 Å². The number of hydrogen-bond acceptors (Lipinski definition) is 7. The quantitative estimate of drug-likeness (QED) is 0.526. The van der Waals surface area contributed by atoms with Gasteiger partial charge in [0.2, 0.25) is 0 Å². The first kappa shape index (κ1) is 18.8. The van der Waals surface area contributed by atoms with Crippen molar-refractivity contribution in [3.05, 3.63) is 64.6 Å². The molecule has 0 bridgehead atoms. The van der Waals surface area contributed by atoms with Gasteiger partial charge in [-0.1, -0.05) is 11.8 Å². The van der Waals surface area contributed by atoms with Gasteiger partial charge in [0, 0.05) is 54.4 Å². The van der Waals surface area contributed by atoms with Crippen molar-refractivity contribution in [2.45, 2.75) is 30.5 Å². The lowest BCUT2D eigenvalue weighted by Gasteiger charge is -2.31. The SMILES string of the molecule is CSc1ncc(CN2CCC(c3cc(=O)[nH]c(-c4cccnc4)n3)CC2)cn1. The van der Waals surface area contributed by atoms with Crippen molar-refractivity contribution in [2.24, 2.45) is 0 Å². The van der Waals surface area contributed by atoms with Gasteiger partial charge in [-0.05, 0) is 44.3 Å². The first-order valence-corrected chi connectivity index (χ1v) is 10.5. The number of pyridine rings is 1. The number of nitrogens with zero attached hydrogens (tertiary/aromatic N) is 5. The molecule has 1 saturated heterocycles. The van der Waals surface area contributed by atoms with E-state index in [0.29, 0.717) is 11.7 Å². The zero-order valence-corrected chi connectivity index (χ0v) is 16.5. The highest BCUT2D eigenvalue weighted by Crippen LogP contribution is 2.27. The van der Waals surface area contributed by atoms with E-state index in [-0.39, 0.29) is 5.56 Å². The number of aromatic nitrogens is 5. The van der Waals surface area contributed by atoms with Gasteiger partial charge >= 0.3 is 0 Å². The van der Waals surface area contributed by atoms with Crippen LogP contribution in [0.2, 0.25) is 0 Å². The van der Waals surface area contributed by atoms with E-state index >= 15 is 0 Å². The molecule has 4 heterocycles. The standard InChI is InChI=1S/C20H22N6OS/c1-28-20-22-10-14(11-23-20)13-26-7-4-15(5-8-26)17-9-18(27)25-19(24-17)16-3-2-6-21-12-16/h2-3,6,9-12,15H,4-5,7-8,13H2,1H3,(H,24,25,27). The average molecular weight is 395 g/mol. The predicted molar refractivity (Wildman–Crippen MR) is 109 cm³/mol. The Morgan fingerprint density at radius 2 is 2.00 bits per heavy atom. The third kappa shape index (κ3) is 4.45. The third-order valence-corrected chi connectivity index (χ3v) is 5.55. The summed E-state index contributed by atoms with van der Waals surface area (Å²) >= 11 is 1.55. The van der Waals surface area contributed by atoms with E-state index in [9.17, 15) is 4.79 Å². The van der Waals surface area contributed by atoms with E-state index in [2.05, 4.69) is 24.8 Å². The van der Waals surface area contributed by atoms with Crippen molar-refractivity contribution >= 4 is 11.8 Å². The maximum Gasteiger partial charge on any atom is 0.251 e. The van der Waals surface area contributed by atoms with Crippen molar-refractivity contribution in [2.75, 3.05) is 19.3 Å². The number of aromatic amines is 1. The van der Waals surface area contributed by atoms with Crippen molar-refractivity contribution in [3.63, 3.8) is 0 Å². The molecule has 0 unspecified atom stereocenters. The molecule has 7 nitrogen and oxygen atoms in total. The molecule has 28 heavy (non-hydrogen) atoms. The normalized spacial score (nSPS) is 15.6. The van der Waals surface area contributed by atoms with E-state index in [4.69, 9.17) is 4.98 Å². The van der Waals surface area contributed by atoms with Gasteiger partial charge in [0.25, 0.3) is 5.56 Å². The third-order valence-electron chi connectivity index (χ3n) is 4.97. The minimum Gasteiger partial charge on any atom is -0.306 e. The molecule has 1 aliphatic heterocycles. The van der Waals surface area contributed by atoms with E-state index in [1.165, 1.54) is 0 Å². The summed E-state index contributed by atoms with van der Waals surface area (Å²) in [6.07, 6.45) is 11.2. The first-order chi connectivity index (χ1) is 13.7. The lowest BCUT2D eigenvalue weighted by Crippen LogP contribution is -2.33. The molecule has 0 aromatic carbocycles. The first-order valence-electron chi connectivity index (χ1n) is 9.30. The Balaban J connectivity index is 1.42. The highest BCUT2D eigenvalue weighted by atomic mass is 32.2. The van der Waals surface area contributed by atoms with Crippen LogP contribution in [0.4, 0.5) is 0 Å². The van der Waals surface area contributed by atoms with Crippen molar-refractivity contribution < 1.29 is 0 Å². The van der Waals surface area contributed by atoms with E-state index < -0.39 is 0 Å². The van der Waals surface area contributed by atoms with Gasteiger partial charge in [-0.3, -0.25) is 14.7 Å². The molecule has 0 saturated carbocycles. The van der Waals surface area contributed by atoms with Gasteiger partial charge in [-0.25, -0.2) is 15.0 Å². The molecular weight excluding hydrogens is 372 g/mol. The smallest absolute Gasteiger partial charge is 0.251 e. The largest absolute Gasteiger partial charge is 0.306 e. The highest BCUT2D eigenvalue weighted by molar-refractivity contribution is 7.98. The van der Waals surface area contributed by atoms with E-state index in [1.807, 2.05) is 30.8 Å². The maximum absolute atomic E-state index is 12.1. The minimum atomic E-state index is -0.114. The van der Waals surface area contributed by atoms with Crippen molar-refractivity contribution in [1.29, 1.82) is 0 Å². The van der Waals surface area contributed by atoms with E-state index in [1.54, 1.807) is 30.2 Å². The second-order valence-corrected chi connectivity index (χ2v) is 7.66. The fourth-order valence-corrected chi connectivity index (χ4v) is 3.82. The summed E-state index contributed by atoms with van der Waals surface area (Å²) in [6.45, 7) is 2.78. The molecule has 0 spiro atoms. The van der Waals surface area contributed by atoms with Crippen LogP contribution in [0, 0.1) is 0 Å². The number of hydrogen-bond donors (Lipinski definition) is 1. The summed E-state index contributed by atoms with van der Waals surface area (Å²) in [6, 6.07) is 5.38. The van der Waals surface area contributed by atoms with Crippen LogP contribution in [0.25, 0.3) is 11.4 Å². The van der Waals surface area contributed by atoms with Gasteiger partial charge in [0.1, 0.15) is 5.82 Å². The molecule has 0 aliphatic carbocycles. The van der Waals surface area contributed by atoms with Gasteiger partial charge < -0.3 is 4.98 Å². The molecule has 1 fully saturated rings. The summed E-state index contributed by atoms with van der Waals surface area (Å²) in [5, 5.41) is 0.798. The summed E-state index contributed by atoms with van der Waals surface area (Å²) in [5.74, 6) is 0.883. The predicted octanol–water partition coefficient (Wildman–Crippen LogP) is 2.72. The lowest BCUT2D eigenvalue weighted by molar-refractivity contribution is 0.202. The number of rotatable bonds is 5. The van der Waals surface area contributed by atoms with Crippen molar-refractivity contribution in [1.82, 2.24) is 29.8 Å². The Morgan fingerprint density at radius 1 is 1.21 bits per heavy atom. The molecule has 1 N–H and O–H groups in total. The molecule has 1 aliphatic rings. The Bertz CT molecular complexity index is 968.